The summed E-state index contributed by atoms with van der Waals surface area (Å²) < 4.78 is 12.1. The van der Waals surface area contributed by atoms with Crippen LogP contribution in [0.25, 0.3) is 0 Å². The number of methoxy groups -OCH3 is 1. The molecular formula is C24H32N2O4Si. The molecule has 2 aromatic carbocycles. The van der Waals surface area contributed by atoms with Crippen molar-refractivity contribution in [3.8, 4) is 11.5 Å². The van der Waals surface area contributed by atoms with Crippen LogP contribution in [0.3, 0.4) is 0 Å². The van der Waals surface area contributed by atoms with Gasteiger partial charge in [0.05, 0.1) is 24.4 Å². The molecule has 2 aromatic rings. The maximum Gasteiger partial charge on any atom is 0.256 e. The number of nitrogens with one attached hydrogen (secondary N) is 1. The highest BCUT2D eigenvalue weighted by Crippen LogP contribution is 2.42. The summed E-state index contributed by atoms with van der Waals surface area (Å²) in [6, 6.07) is 11.3. The van der Waals surface area contributed by atoms with Gasteiger partial charge in [0.25, 0.3) is 5.91 Å². The second kappa shape index (κ2) is 7.57. The number of phenolic OH excluding ortho intramolecular Hbond substituents is 1. The van der Waals surface area contributed by atoms with Crippen molar-refractivity contribution in [3.63, 3.8) is 0 Å². The number of carbonyl (C=O) groups is 1. The van der Waals surface area contributed by atoms with E-state index in [-0.39, 0.29) is 34.7 Å². The molecule has 0 fully saturated rings. The van der Waals surface area contributed by atoms with E-state index >= 15 is 0 Å². The predicted octanol–water partition coefficient (Wildman–Crippen LogP) is 4.74. The predicted molar refractivity (Wildman–Crippen MR) is 124 cm³/mol. The summed E-state index contributed by atoms with van der Waals surface area (Å²) in [4.78, 5) is 15.6. The number of amides is 1. The molecule has 0 aliphatic carbocycles. The zero-order valence-electron chi connectivity index (χ0n) is 19.2. The van der Waals surface area contributed by atoms with Crippen molar-refractivity contribution in [1.82, 2.24) is 4.90 Å². The highest BCUT2D eigenvalue weighted by atomic mass is 28.4. The Morgan fingerprint density at radius 3 is 2.48 bits per heavy atom. The number of phenols is 1. The SMILES string of the molecule is COc1cc2c(cc1O)NC(O[Si](C)(C)C(C)(C)C)[C@@H]1Cc3ccccc3CN1C2=O. The molecule has 0 saturated heterocycles. The van der Waals surface area contributed by atoms with Crippen molar-refractivity contribution < 1.29 is 19.1 Å². The third-order valence-corrected chi connectivity index (χ3v) is 11.4. The standard InChI is InChI=1S/C24H32N2O4Si/c1-24(2,3)31(5,6)30-22-19-11-15-9-7-8-10-16(15)14-26(19)23(28)17-12-21(29-4)20(27)13-18(17)25-22/h7-10,12-13,19,22,25,27H,11,14H2,1-6H3/t19-,22?/m0/s1. The fourth-order valence-electron chi connectivity index (χ4n) is 4.07. The van der Waals surface area contributed by atoms with Crippen molar-refractivity contribution >= 4 is 19.9 Å². The molecule has 7 heteroatoms. The van der Waals surface area contributed by atoms with Crippen LogP contribution in [0.4, 0.5) is 5.69 Å². The molecule has 1 amide bonds. The first-order chi connectivity index (χ1) is 14.5. The van der Waals surface area contributed by atoms with Gasteiger partial charge in [0.1, 0.15) is 6.23 Å². The number of hydrogen-bond donors (Lipinski definition) is 2. The Balaban J connectivity index is 1.82. The first kappa shape index (κ1) is 21.7. The van der Waals surface area contributed by atoms with Crippen molar-refractivity contribution in [2.75, 3.05) is 12.4 Å². The van der Waals surface area contributed by atoms with Gasteiger partial charge in [-0.2, -0.15) is 0 Å². The summed E-state index contributed by atoms with van der Waals surface area (Å²) in [5.41, 5.74) is 3.46. The summed E-state index contributed by atoms with van der Waals surface area (Å²) in [6.45, 7) is 11.6. The van der Waals surface area contributed by atoms with E-state index in [2.05, 4.69) is 51.3 Å². The molecule has 1 unspecified atom stereocenters. The largest absolute Gasteiger partial charge is 0.504 e. The Hall–Kier alpha value is -2.51. The van der Waals surface area contributed by atoms with Crippen LogP contribution >= 0.6 is 0 Å². The smallest absolute Gasteiger partial charge is 0.256 e. The first-order valence-corrected chi connectivity index (χ1v) is 13.7. The lowest BCUT2D eigenvalue weighted by molar-refractivity contribution is 0.0425. The summed E-state index contributed by atoms with van der Waals surface area (Å²) in [7, 11) is -0.659. The van der Waals surface area contributed by atoms with Crippen LogP contribution in [0.2, 0.25) is 18.1 Å². The van der Waals surface area contributed by atoms with E-state index in [1.54, 1.807) is 12.1 Å². The van der Waals surface area contributed by atoms with Gasteiger partial charge >= 0.3 is 0 Å². The van der Waals surface area contributed by atoms with Gasteiger partial charge in [0.2, 0.25) is 0 Å². The van der Waals surface area contributed by atoms with Crippen LogP contribution in [0.5, 0.6) is 11.5 Å². The summed E-state index contributed by atoms with van der Waals surface area (Å²) in [6.07, 6.45) is 0.331. The third-order valence-electron chi connectivity index (χ3n) is 6.97. The van der Waals surface area contributed by atoms with E-state index in [4.69, 9.17) is 9.16 Å². The van der Waals surface area contributed by atoms with Crippen molar-refractivity contribution in [1.29, 1.82) is 0 Å². The highest BCUT2D eigenvalue weighted by molar-refractivity contribution is 6.74. The quantitative estimate of drug-likeness (QED) is 0.675. The number of anilines is 1. The van der Waals surface area contributed by atoms with Gasteiger partial charge in [-0.25, -0.2) is 0 Å². The molecule has 2 heterocycles. The Labute approximate surface area is 185 Å². The molecule has 2 atom stereocenters. The molecule has 0 bridgehead atoms. The van der Waals surface area contributed by atoms with E-state index < -0.39 is 8.32 Å². The molecule has 4 rings (SSSR count). The normalized spacial score (nSPS) is 20.8. The van der Waals surface area contributed by atoms with Crippen LogP contribution in [0, 0.1) is 0 Å². The van der Waals surface area contributed by atoms with Crippen LogP contribution in [-0.2, 0) is 17.4 Å². The minimum absolute atomic E-state index is 0.00390. The Bertz CT molecular complexity index is 1020. The molecule has 6 nitrogen and oxygen atoms in total. The van der Waals surface area contributed by atoms with Gasteiger partial charge in [0, 0.05) is 12.6 Å². The number of benzene rings is 2. The lowest BCUT2D eigenvalue weighted by Gasteiger charge is -2.45. The summed E-state index contributed by atoms with van der Waals surface area (Å²) in [5, 5.41) is 13.9. The van der Waals surface area contributed by atoms with Crippen LogP contribution in [-0.4, -0.2) is 43.6 Å². The number of hydrogen-bond acceptors (Lipinski definition) is 5. The fourth-order valence-corrected chi connectivity index (χ4v) is 5.28. The monoisotopic (exact) mass is 440 g/mol. The second-order valence-electron chi connectivity index (χ2n) is 9.99. The molecule has 2 N–H and O–H groups in total. The second-order valence-corrected chi connectivity index (χ2v) is 14.7. The lowest BCUT2D eigenvalue weighted by Crippen LogP contribution is -2.56. The summed E-state index contributed by atoms with van der Waals surface area (Å²) >= 11 is 0. The maximum absolute atomic E-state index is 13.7. The van der Waals surface area contributed by atoms with Gasteiger partial charge in [-0.3, -0.25) is 4.79 Å². The van der Waals surface area contributed by atoms with Crippen molar-refractivity contribution in [2.24, 2.45) is 0 Å². The molecule has 0 spiro atoms. The topological polar surface area (TPSA) is 71.0 Å². The minimum Gasteiger partial charge on any atom is -0.504 e. The van der Waals surface area contributed by atoms with Gasteiger partial charge in [-0.05, 0) is 41.7 Å². The maximum atomic E-state index is 13.7. The number of rotatable bonds is 3. The van der Waals surface area contributed by atoms with E-state index in [0.717, 1.165) is 5.56 Å². The van der Waals surface area contributed by atoms with Crippen LogP contribution in [0.1, 0.15) is 42.3 Å². The van der Waals surface area contributed by atoms with Crippen LogP contribution in [0.15, 0.2) is 36.4 Å². The minimum atomic E-state index is -2.14. The van der Waals surface area contributed by atoms with Crippen molar-refractivity contribution in [2.45, 2.75) is 64.1 Å². The number of carbonyl (C=O) groups excluding carboxylic acids is 1. The van der Waals surface area contributed by atoms with Crippen molar-refractivity contribution in [3.05, 3.63) is 53.1 Å². The van der Waals surface area contributed by atoms with Gasteiger partial charge in [0.15, 0.2) is 19.8 Å². The molecule has 2 aliphatic heterocycles. The lowest BCUT2D eigenvalue weighted by atomic mass is 9.93. The molecular weight excluding hydrogens is 408 g/mol. The number of fused-ring (bicyclic) bond motifs is 3. The average Bonchev–Trinajstić information content (AvgIpc) is 2.80. The highest BCUT2D eigenvalue weighted by Gasteiger charge is 2.45. The number of ether oxygens (including phenoxy) is 1. The zero-order valence-corrected chi connectivity index (χ0v) is 20.2. The molecule has 166 valence electrons. The van der Waals surface area contributed by atoms with E-state index in [0.29, 0.717) is 24.2 Å². The Morgan fingerprint density at radius 2 is 1.84 bits per heavy atom. The molecule has 0 radical (unpaired) electrons. The summed E-state index contributed by atoms with van der Waals surface area (Å²) in [5.74, 6) is 0.198. The Kier molecular flexibility index (Phi) is 5.30. The van der Waals surface area contributed by atoms with Gasteiger partial charge in [-0.15, -0.1) is 0 Å². The average molecular weight is 441 g/mol. The molecule has 0 saturated carbocycles. The zero-order chi connectivity index (χ0) is 22.6. The van der Waals surface area contributed by atoms with Gasteiger partial charge < -0.3 is 24.5 Å². The van der Waals surface area contributed by atoms with Crippen LogP contribution < -0.4 is 10.1 Å². The number of aromatic hydroxyl groups is 1. The third kappa shape index (κ3) is 3.81. The van der Waals surface area contributed by atoms with E-state index in [1.165, 1.54) is 12.7 Å². The molecule has 31 heavy (non-hydrogen) atoms. The first-order valence-electron chi connectivity index (χ1n) is 10.7. The van der Waals surface area contributed by atoms with Gasteiger partial charge in [-0.1, -0.05) is 45.0 Å². The number of nitrogens with zero attached hydrogens (tertiary/aromatic N) is 1. The van der Waals surface area contributed by atoms with E-state index in [9.17, 15) is 9.90 Å². The van der Waals surface area contributed by atoms with E-state index in [1.807, 2.05) is 17.0 Å². The fraction of sp³-hybridized carbons (Fsp3) is 0.458. The Morgan fingerprint density at radius 1 is 1.16 bits per heavy atom. The molecule has 0 aromatic heterocycles. The molecule has 2 aliphatic rings.